The molecule has 2 aromatic carbocycles. The Morgan fingerprint density at radius 3 is 2.55 bits per heavy atom. The standard InChI is InChI=1S/C23H23Cl3O6S/c1-13(14-3-4-16-10-17(29-2)6-5-15(16)9-14)21(27)30-7-8-33-20-19(26)22(28)32-23(20)31-18(11-24)12-25/h3-6,9-10,13,18,23H,7-8,11-12H2,1-2H3. The lowest BCUT2D eigenvalue weighted by Gasteiger charge is -2.19. The molecule has 0 radical (unpaired) electrons. The third kappa shape index (κ3) is 6.49. The number of methoxy groups -OCH3 is 1. The van der Waals surface area contributed by atoms with Crippen LogP contribution in [0.15, 0.2) is 46.3 Å². The average Bonchev–Trinajstić information content (AvgIpc) is 3.10. The van der Waals surface area contributed by atoms with Crippen molar-refractivity contribution in [1.29, 1.82) is 0 Å². The van der Waals surface area contributed by atoms with Gasteiger partial charge in [0, 0.05) is 17.5 Å². The van der Waals surface area contributed by atoms with Crippen molar-refractivity contribution in [3.63, 3.8) is 0 Å². The predicted octanol–water partition coefficient (Wildman–Crippen LogP) is 5.42. The van der Waals surface area contributed by atoms with Crippen molar-refractivity contribution < 1.29 is 28.5 Å². The second-order valence-corrected chi connectivity index (χ2v) is 9.32. The van der Waals surface area contributed by atoms with Crippen LogP contribution in [-0.2, 0) is 23.8 Å². The van der Waals surface area contributed by atoms with E-state index in [2.05, 4.69) is 0 Å². The molecule has 6 nitrogen and oxygen atoms in total. The van der Waals surface area contributed by atoms with Crippen LogP contribution < -0.4 is 4.74 Å². The van der Waals surface area contributed by atoms with E-state index in [-0.39, 0.29) is 29.4 Å². The molecule has 1 aliphatic rings. The second kappa shape index (κ2) is 12.2. The largest absolute Gasteiger partial charge is 0.497 e. The fraction of sp³-hybridized carbons (Fsp3) is 0.391. The number of carbonyl (C=O) groups is 2. The molecule has 2 aromatic rings. The SMILES string of the molecule is COc1ccc2cc(C(C)C(=O)OCCSC3=C(Cl)C(=O)OC3OC(CCl)CCl)ccc2c1. The number of alkyl halides is 2. The van der Waals surface area contributed by atoms with E-state index >= 15 is 0 Å². The molecule has 0 saturated heterocycles. The van der Waals surface area contributed by atoms with Gasteiger partial charge in [-0.25, -0.2) is 4.79 Å². The van der Waals surface area contributed by atoms with Gasteiger partial charge < -0.3 is 18.9 Å². The fourth-order valence-electron chi connectivity index (χ4n) is 3.11. The van der Waals surface area contributed by atoms with Crippen molar-refractivity contribution in [2.75, 3.05) is 31.2 Å². The Balaban J connectivity index is 1.54. The first kappa shape index (κ1) is 26.0. The lowest BCUT2D eigenvalue weighted by atomic mass is 9.98. The summed E-state index contributed by atoms with van der Waals surface area (Å²) in [5.41, 5.74) is 0.854. The number of benzene rings is 2. The highest BCUT2D eigenvalue weighted by Gasteiger charge is 2.36. The van der Waals surface area contributed by atoms with Crippen LogP contribution in [0.3, 0.4) is 0 Å². The van der Waals surface area contributed by atoms with Crippen LogP contribution in [0.1, 0.15) is 18.4 Å². The van der Waals surface area contributed by atoms with E-state index in [1.807, 2.05) is 36.4 Å². The summed E-state index contributed by atoms with van der Waals surface area (Å²) in [5, 5.41) is 1.98. The minimum atomic E-state index is -0.969. The number of hydrogen-bond donors (Lipinski definition) is 0. The molecule has 0 amide bonds. The maximum atomic E-state index is 12.6. The van der Waals surface area contributed by atoms with Gasteiger partial charge in [-0.2, -0.15) is 0 Å². The zero-order valence-corrected chi connectivity index (χ0v) is 21.1. The predicted molar refractivity (Wildman–Crippen MR) is 131 cm³/mol. The molecule has 33 heavy (non-hydrogen) atoms. The molecule has 2 atom stereocenters. The number of esters is 2. The van der Waals surface area contributed by atoms with Gasteiger partial charge in [0.05, 0.1) is 24.0 Å². The lowest BCUT2D eigenvalue weighted by Crippen LogP contribution is -2.26. The van der Waals surface area contributed by atoms with Gasteiger partial charge in [-0.15, -0.1) is 35.0 Å². The number of rotatable bonds is 11. The number of thioether (sulfide) groups is 1. The number of cyclic esters (lactones) is 1. The molecule has 0 bridgehead atoms. The first-order valence-corrected chi connectivity index (χ1v) is 12.6. The van der Waals surface area contributed by atoms with Crippen LogP contribution in [-0.4, -0.2) is 55.6 Å². The molecular formula is C23H23Cl3O6S. The number of carbonyl (C=O) groups excluding carboxylic acids is 2. The van der Waals surface area contributed by atoms with Crippen molar-refractivity contribution in [1.82, 2.24) is 0 Å². The summed E-state index contributed by atoms with van der Waals surface area (Å²) in [6, 6.07) is 11.6. The van der Waals surface area contributed by atoms with Crippen molar-refractivity contribution in [3.8, 4) is 5.75 Å². The molecule has 0 saturated carbocycles. The summed E-state index contributed by atoms with van der Waals surface area (Å²) in [6.07, 6.45) is -1.46. The quantitative estimate of drug-likeness (QED) is 0.217. The third-order valence-corrected chi connectivity index (χ3v) is 7.23. The summed E-state index contributed by atoms with van der Waals surface area (Å²) in [5.74, 6) is -0.0328. The molecule has 1 aliphatic heterocycles. The van der Waals surface area contributed by atoms with Crippen LogP contribution in [0.2, 0.25) is 0 Å². The Labute approximate surface area is 211 Å². The van der Waals surface area contributed by atoms with E-state index in [9.17, 15) is 9.59 Å². The van der Waals surface area contributed by atoms with E-state index < -0.39 is 24.3 Å². The summed E-state index contributed by atoms with van der Waals surface area (Å²) in [6.45, 7) is 1.92. The van der Waals surface area contributed by atoms with Gasteiger partial charge in [-0.1, -0.05) is 35.9 Å². The van der Waals surface area contributed by atoms with Crippen LogP contribution in [0.5, 0.6) is 5.75 Å². The highest BCUT2D eigenvalue weighted by molar-refractivity contribution is 8.03. The third-order valence-electron chi connectivity index (χ3n) is 4.99. The van der Waals surface area contributed by atoms with Crippen LogP contribution >= 0.6 is 46.6 Å². The summed E-state index contributed by atoms with van der Waals surface area (Å²) in [7, 11) is 1.62. The number of halogens is 3. The fourth-order valence-corrected chi connectivity index (χ4v) is 4.72. The summed E-state index contributed by atoms with van der Waals surface area (Å²) in [4.78, 5) is 24.8. The van der Waals surface area contributed by atoms with Crippen LogP contribution in [0, 0.1) is 0 Å². The number of ether oxygens (including phenoxy) is 4. The Kier molecular flexibility index (Phi) is 9.58. The monoisotopic (exact) mass is 532 g/mol. The number of fused-ring (bicyclic) bond motifs is 1. The van der Waals surface area contributed by atoms with E-state index in [0.717, 1.165) is 22.1 Å². The van der Waals surface area contributed by atoms with Crippen molar-refractivity contribution in [3.05, 3.63) is 51.9 Å². The van der Waals surface area contributed by atoms with Gasteiger partial charge >= 0.3 is 11.9 Å². The Hall–Kier alpha value is -1.64. The van der Waals surface area contributed by atoms with E-state index in [1.54, 1.807) is 14.0 Å². The first-order valence-electron chi connectivity index (χ1n) is 10.1. The maximum Gasteiger partial charge on any atom is 0.353 e. The Morgan fingerprint density at radius 1 is 1.15 bits per heavy atom. The molecule has 178 valence electrons. The minimum Gasteiger partial charge on any atom is -0.497 e. The Morgan fingerprint density at radius 2 is 1.85 bits per heavy atom. The van der Waals surface area contributed by atoms with Crippen LogP contribution in [0.25, 0.3) is 10.8 Å². The lowest BCUT2D eigenvalue weighted by molar-refractivity contribution is -0.163. The highest BCUT2D eigenvalue weighted by atomic mass is 35.5. The van der Waals surface area contributed by atoms with Gasteiger partial charge in [0.1, 0.15) is 17.4 Å². The molecule has 0 aromatic heterocycles. The molecule has 0 aliphatic carbocycles. The smallest absolute Gasteiger partial charge is 0.353 e. The Bertz CT molecular complexity index is 1040. The molecule has 10 heteroatoms. The van der Waals surface area contributed by atoms with E-state index in [4.69, 9.17) is 53.8 Å². The van der Waals surface area contributed by atoms with Crippen molar-refractivity contribution in [2.45, 2.75) is 25.2 Å². The zero-order chi connectivity index (χ0) is 24.0. The maximum absolute atomic E-state index is 12.6. The van der Waals surface area contributed by atoms with Gasteiger partial charge in [-0.3, -0.25) is 4.79 Å². The van der Waals surface area contributed by atoms with Crippen LogP contribution in [0.4, 0.5) is 0 Å². The number of hydrogen-bond acceptors (Lipinski definition) is 7. The van der Waals surface area contributed by atoms with Gasteiger partial charge in [0.25, 0.3) is 0 Å². The zero-order valence-electron chi connectivity index (χ0n) is 18.0. The van der Waals surface area contributed by atoms with Crippen molar-refractivity contribution in [2.24, 2.45) is 0 Å². The molecule has 1 heterocycles. The average molecular weight is 534 g/mol. The van der Waals surface area contributed by atoms with E-state index in [1.165, 1.54) is 11.8 Å². The molecular weight excluding hydrogens is 511 g/mol. The molecule has 2 unspecified atom stereocenters. The molecule has 3 rings (SSSR count). The minimum absolute atomic E-state index is 0.0552. The van der Waals surface area contributed by atoms with Gasteiger partial charge in [0.15, 0.2) is 0 Å². The highest BCUT2D eigenvalue weighted by Crippen LogP contribution is 2.35. The first-order chi connectivity index (χ1) is 15.9. The van der Waals surface area contributed by atoms with Crippen molar-refractivity contribution >= 4 is 69.3 Å². The molecule has 0 N–H and O–H groups in total. The summed E-state index contributed by atoms with van der Waals surface area (Å²) >= 11 is 18.8. The van der Waals surface area contributed by atoms with Gasteiger partial charge in [-0.05, 0) is 35.4 Å². The van der Waals surface area contributed by atoms with E-state index in [0.29, 0.717) is 10.7 Å². The topological polar surface area (TPSA) is 71.1 Å². The summed E-state index contributed by atoms with van der Waals surface area (Å²) < 4.78 is 21.4. The molecule has 0 spiro atoms. The normalized spacial score (nSPS) is 16.9. The van der Waals surface area contributed by atoms with Gasteiger partial charge in [0.2, 0.25) is 6.29 Å². The molecule has 0 fully saturated rings. The second-order valence-electron chi connectivity index (χ2n) is 7.19.